The molecule has 86 valence electrons. The number of esters is 1. The maximum absolute atomic E-state index is 11.4. The second-order valence-electron chi connectivity index (χ2n) is 3.34. The van der Waals surface area contributed by atoms with Crippen LogP contribution in [0, 0.1) is 0 Å². The van der Waals surface area contributed by atoms with E-state index in [2.05, 4.69) is 20.1 Å². The van der Waals surface area contributed by atoms with Crippen LogP contribution in [0.5, 0.6) is 0 Å². The Balaban J connectivity index is 2.57. The Morgan fingerprint density at radius 1 is 1.33 bits per heavy atom. The van der Waals surface area contributed by atoms with Crippen molar-refractivity contribution in [3.8, 4) is 0 Å². The molecule has 0 aromatic carbocycles. The Bertz CT molecular complexity index is 244. The van der Waals surface area contributed by atoms with Crippen LogP contribution in [-0.4, -0.2) is 44.9 Å². The Labute approximate surface area is 88.3 Å². The molecule has 1 heterocycles. The molecule has 1 aliphatic rings. The molecule has 2 N–H and O–H groups in total. The molecule has 1 saturated heterocycles. The lowest BCUT2D eigenvalue weighted by Crippen LogP contribution is -2.57. The number of alkyl carbamates (subject to hydrolysis) is 1. The third-order valence-electron chi connectivity index (χ3n) is 2.40. The van der Waals surface area contributed by atoms with Crippen LogP contribution < -0.4 is 10.6 Å². The normalized spacial score (nSPS) is 25.5. The summed E-state index contributed by atoms with van der Waals surface area (Å²) in [5, 5.41) is 5.61. The van der Waals surface area contributed by atoms with Crippen molar-refractivity contribution in [1.82, 2.24) is 10.6 Å². The fourth-order valence-corrected chi connectivity index (χ4v) is 1.63. The van der Waals surface area contributed by atoms with Crippen LogP contribution >= 0.6 is 0 Å². The maximum Gasteiger partial charge on any atom is 0.407 e. The smallest absolute Gasteiger partial charge is 0.407 e. The summed E-state index contributed by atoms with van der Waals surface area (Å²) < 4.78 is 9.13. The topological polar surface area (TPSA) is 76.7 Å². The molecule has 6 heteroatoms. The number of nitrogens with one attached hydrogen (secondary N) is 2. The van der Waals surface area contributed by atoms with Crippen molar-refractivity contribution in [2.45, 2.75) is 24.9 Å². The van der Waals surface area contributed by atoms with Gasteiger partial charge >= 0.3 is 12.1 Å². The number of ether oxygens (including phenoxy) is 2. The number of carbonyl (C=O) groups is 2. The van der Waals surface area contributed by atoms with Gasteiger partial charge in [0.1, 0.15) is 6.04 Å². The second-order valence-corrected chi connectivity index (χ2v) is 3.34. The van der Waals surface area contributed by atoms with Crippen molar-refractivity contribution in [3.05, 3.63) is 0 Å². The summed E-state index contributed by atoms with van der Waals surface area (Å²) in [4.78, 5) is 22.4. The monoisotopic (exact) mass is 216 g/mol. The van der Waals surface area contributed by atoms with Gasteiger partial charge < -0.3 is 20.1 Å². The minimum absolute atomic E-state index is 0.265. The number of carbonyl (C=O) groups excluding carboxylic acids is 2. The summed E-state index contributed by atoms with van der Waals surface area (Å²) >= 11 is 0. The van der Waals surface area contributed by atoms with Gasteiger partial charge in [-0.3, -0.25) is 4.79 Å². The van der Waals surface area contributed by atoms with E-state index in [9.17, 15) is 9.59 Å². The summed E-state index contributed by atoms with van der Waals surface area (Å²) in [6.07, 6.45) is 1.11. The van der Waals surface area contributed by atoms with E-state index in [4.69, 9.17) is 0 Å². The number of piperidine rings is 1. The molecule has 0 saturated carbocycles. The number of hydrogen-bond donors (Lipinski definition) is 2. The zero-order valence-corrected chi connectivity index (χ0v) is 8.91. The molecule has 0 spiro atoms. The highest BCUT2D eigenvalue weighted by molar-refractivity contribution is 5.78. The Morgan fingerprint density at radius 3 is 2.67 bits per heavy atom. The van der Waals surface area contributed by atoms with Gasteiger partial charge in [0.2, 0.25) is 0 Å². The molecule has 0 radical (unpaired) electrons. The van der Waals surface area contributed by atoms with Crippen molar-refractivity contribution >= 4 is 12.1 Å². The zero-order chi connectivity index (χ0) is 11.3. The van der Waals surface area contributed by atoms with E-state index in [0.29, 0.717) is 0 Å². The van der Waals surface area contributed by atoms with Crippen LogP contribution in [0.2, 0.25) is 0 Å². The first kappa shape index (κ1) is 11.8. The van der Waals surface area contributed by atoms with E-state index in [1.54, 1.807) is 0 Å². The van der Waals surface area contributed by atoms with E-state index in [-0.39, 0.29) is 12.0 Å². The maximum atomic E-state index is 11.4. The van der Waals surface area contributed by atoms with Crippen molar-refractivity contribution < 1.29 is 19.1 Å². The summed E-state index contributed by atoms with van der Waals surface area (Å²) in [5.41, 5.74) is 0. The summed E-state index contributed by atoms with van der Waals surface area (Å²) in [6.45, 7) is 0.749. The van der Waals surface area contributed by atoms with Crippen LogP contribution in [0.15, 0.2) is 0 Å². The highest BCUT2D eigenvalue weighted by Gasteiger charge is 2.32. The summed E-state index contributed by atoms with van der Waals surface area (Å²) in [5.74, 6) is -0.365. The first-order valence-electron chi connectivity index (χ1n) is 4.84. The Morgan fingerprint density at radius 2 is 2.07 bits per heavy atom. The molecule has 2 atom stereocenters. The van der Waals surface area contributed by atoms with Crippen LogP contribution in [-0.2, 0) is 14.3 Å². The van der Waals surface area contributed by atoms with Gasteiger partial charge in [0.25, 0.3) is 0 Å². The number of methoxy groups -OCH3 is 2. The molecule has 1 rings (SSSR count). The van der Waals surface area contributed by atoms with Crippen LogP contribution in [0.3, 0.4) is 0 Å². The molecule has 0 unspecified atom stereocenters. The van der Waals surface area contributed by atoms with E-state index in [1.165, 1.54) is 14.2 Å². The molecule has 0 aliphatic carbocycles. The van der Waals surface area contributed by atoms with E-state index >= 15 is 0 Å². The van der Waals surface area contributed by atoms with Crippen molar-refractivity contribution in [1.29, 1.82) is 0 Å². The van der Waals surface area contributed by atoms with Crippen molar-refractivity contribution in [2.24, 2.45) is 0 Å². The lowest BCUT2D eigenvalue weighted by Gasteiger charge is -2.30. The third-order valence-corrected chi connectivity index (χ3v) is 2.40. The predicted molar refractivity (Wildman–Crippen MR) is 52.4 cm³/mol. The third kappa shape index (κ3) is 3.09. The van der Waals surface area contributed by atoms with Gasteiger partial charge in [-0.25, -0.2) is 4.79 Å². The minimum Gasteiger partial charge on any atom is -0.468 e. The number of amides is 1. The van der Waals surface area contributed by atoms with Gasteiger partial charge in [0.15, 0.2) is 0 Å². The van der Waals surface area contributed by atoms with Crippen molar-refractivity contribution in [2.75, 3.05) is 20.8 Å². The first-order valence-corrected chi connectivity index (χ1v) is 4.84. The molecule has 15 heavy (non-hydrogen) atoms. The molecular weight excluding hydrogens is 200 g/mol. The average Bonchev–Trinajstić information content (AvgIpc) is 2.28. The molecule has 0 bridgehead atoms. The van der Waals surface area contributed by atoms with Crippen LogP contribution in [0.1, 0.15) is 12.8 Å². The molecule has 1 aliphatic heterocycles. The standard InChI is InChI=1S/C9H16N2O4/c1-14-8(12)7-6(4-3-5-10-7)11-9(13)15-2/h6-7,10H,3-5H2,1-2H3,(H,11,13)/t6-,7+/m1/s1. The van der Waals surface area contributed by atoms with Gasteiger partial charge in [0, 0.05) is 0 Å². The largest absolute Gasteiger partial charge is 0.468 e. The highest BCUT2D eigenvalue weighted by Crippen LogP contribution is 2.10. The second kappa shape index (κ2) is 5.55. The molecule has 0 aromatic heterocycles. The number of rotatable bonds is 2. The Kier molecular flexibility index (Phi) is 4.36. The summed E-state index contributed by atoms with van der Waals surface area (Å²) in [6, 6.07) is -0.749. The fourth-order valence-electron chi connectivity index (χ4n) is 1.63. The van der Waals surface area contributed by atoms with Gasteiger partial charge in [-0.15, -0.1) is 0 Å². The molecule has 1 amide bonds. The van der Waals surface area contributed by atoms with Gasteiger partial charge in [0.05, 0.1) is 20.3 Å². The lowest BCUT2D eigenvalue weighted by atomic mass is 9.99. The zero-order valence-electron chi connectivity index (χ0n) is 8.91. The molecule has 6 nitrogen and oxygen atoms in total. The minimum atomic E-state index is -0.530. The van der Waals surface area contributed by atoms with Gasteiger partial charge in [-0.05, 0) is 19.4 Å². The average molecular weight is 216 g/mol. The number of hydrogen-bond acceptors (Lipinski definition) is 5. The van der Waals surface area contributed by atoms with E-state index < -0.39 is 12.1 Å². The van der Waals surface area contributed by atoms with Crippen molar-refractivity contribution in [3.63, 3.8) is 0 Å². The van der Waals surface area contributed by atoms with Gasteiger partial charge in [-0.2, -0.15) is 0 Å². The SMILES string of the molecule is COC(=O)N[C@@H]1CCCN[C@@H]1C(=O)OC. The van der Waals surface area contributed by atoms with E-state index in [1.807, 2.05) is 0 Å². The Hall–Kier alpha value is -1.30. The first-order chi connectivity index (χ1) is 7.19. The fraction of sp³-hybridized carbons (Fsp3) is 0.778. The van der Waals surface area contributed by atoms with Crippen LogP contribution in [0.25, 0.3) is 0 Å². The quantitative estimate of drug-likeness (QED) is 0.616. The predicted octanol–water partition coefficient (Wildman–Crippen LogP) is -0.364. The van der Waals surface area contributed by atoms with E-state index in [0.717, 1.165) is 19.4 Å². The molecule has 0 aromatic rings. The summed E-state index contributed by atoms with van der Waals surface area (Å²) in [7, 11) is 2.62. The molecule has 1 fully saturated rings. The van der Waals surface area contributed by atoms with Crippen LogP contribution in [0.4, 0.5) is 4.79 Å². The molecular formula is C9H16N2O4. The highest BCUT2D eigenvalue weighted by atomic mass is 16.5. The van der Waals surface area contributed by atoms with Gasteiger partial charge in [-0.1, -0.05) is 0 Å². The lowest BCUT2D eigenvalue weighted by molar-refractivity contribution is -0.144.